The van der Waals surface area contributed by atoms with Crippen molar-refractivity contribution in [1.82, 2.24) is 5.32 Å². The zero-order valence-corrected chi connectivity index (χ0v) is 16.6. The number of amides is 1. The molecule has 1 N–H and O–H groups in total. The van der Waals surface area contributed by atoms with Gasteiger partial charge in [-0.2, -0.15) is 0 Å². The van der Waals surface area contributed by atoms with Crippen LogP contribution in [0.3, 0.4) is 0 Å². The minimum absolute atomic E-state index is 0.196. The standard InChI is InChI=1S/C23H25NO4/c1-5-27-18-10-11-19-20(13-22(25)28-21(19)12-18)23(26)24-15(4)17-8-6-16(7-9-17)14(2)3/h6-15H,5H2,1-4H3,(H,24,26). The Morgan fingerprint density at radius 1 is 1.04 bits per heavy atom. The van der Waals surface area contributed by atoms with E-state index in [1.807, 2.05) is 26.0 Å². The SMILES string of the molecule is CCOc1ccc2c(C(=O)NC(C)c3ccc(C(C)C)cc3)cc(=O)oc2c1. The number of carbonyl (C=O) groups is 1. The number of nitrogens with one attached hydrogen (secondary N) is 1. The molecule has 0 saturated carbocycles. The maximum absolute atomic E-state index is 12.9. The Morgan fingerprint density at radius 2 is 1.71 bits per heavy atom. The molecule has 0 spiro atoms. The molecule has 0 aliphatic rings. The van der Waals surface area contributed by atoms with Crippen molar-refractivity contribution in [2.45, 2.75) is 39.7 Å². The van der Waals surface area contributed by atoms with Gasteiger partial charge < -0.3 is 14.5 Å². The van der Waals surface area contributed by atoms with Gasteiger partial charge in [0, 0.05) is 17.5 Å². The fourth-order valence-electron chi connectivity index (χ4n) is 3.11. The Morgan fingerprint density at radius 3 is 2.36 bits per heavy atom. The van der Waals surface area contributed by atoms with Crippen molar-refractivity contribution >= 4 is 16.9 Å². The molecule has 0 bridgehead atoms. The summed E-state index contributed by atoms with van der Waals surface area (Å²) < 4.78 is 10.7. The highest BCUT2D eigenvalue weighted by atomic mass is 16.5. The van der Waals surface area contributed by atoms with Gasteiger partial charge in [-0.25, -0.2) is 4.79 Å². The summed E-state index contributed by atoms with van der Waals surface area (Å²) in [6, 6.07) is 14.3. The lowest BCUT2D eigenvalue weighted by molar-refractivity contribution is 0.0941. The van der Waals surface area contributed by atoms with Gasteiger partial charge in [-0.05, 0) is 43.0 Å². The number of carbonyl (C=O) groups excluding carboxylic acids is 1. The predicted molar refractivity (Wildman–Crippen MR) is 110 cm³/mol. The minimum Gasteiger partial charge on any atom is -0.494 e. The average Bonchev–Trinajstić information content (AvgIpc) is 2.67. The fourth-order valence-corrected chi connectivity index (χ4v) is 3.11. The molecular weight excluding hydrogens is 354 g/mol. The van der Waals surface area contributed by atoms with Gasteiger partial charge in [0.2, 0.25) is 0 Å². The molecule has 2 aromatic carbocycles. The van der Waals surface area contributed by atoms with Gasteiger partial charge in [0.15, 0.2) is 0 Å². The van der Waals surface area contributed by atoms with E-state index in [0.717, 1.165) is 5.56 Å². The Labute approximate surface area is 164 Å². The molecule has 1 atom stereocenters. The van der Waals surface area contributed by atoms with E-state index in [2.05, 4.69) is 31.3 Å². The van der Waals surface area contributed by atoms with Gasteiger partial charge in [0.1, 0.15) is 11.3 Å². The first-order valence-corrected chi connectivity index (χ1v) is 9.50. The normalized spacial score (nSPS) is 12.2. The maximum atomic E-state index is 12.9. The molecule has 1 unspecified atom stereocenters. The van der Waals surface area contributed by atoms with E-state index < -0.39 is 5.63 Å². The topological polar surface area (TPSA) is 68.5 Å². The van der Waals surface area contributed by atoms with Gasteiger partial charge in [-0.3, -0.25) is 4.79 Å². The summed E-state index contributed by atoms with van der Waals surface area (Å²) in [7, 11) is 0. The first-order chi connectivity index (χ1) is 13.4. The summed E-state index contributed by atoms with van der Waals surface area (Å²) in [4.78, 5) is 24.8. The van der Waals surface area contributed by atoms with Crippen LogP contribution >= 0.6 is 0 Å². The predicted octanol–water partition coefficient (Wildman–Crippen LogP) is 4.81. The van der Waals surface area contributed by atoms with Crippen LogP contribution in [-0.2, 0) is 0 Å². The molecule has 0 aliphatic carbocycles. The van der Waals surface area contributed by atoms with Crippen molar-refractivity contribution in [2.75, 3.05) is 6.61 Å². The van der Waals surface area contributed by atoms with Crippen molar-refractivity contribution in [1.29, 1.82) is 0 Å². The summed E-state index contributed by atoms with van der Waals surface area (Å²) in [5.41, 5.74) is 2.31. The maximum Gasteiger partial charge on any atom is 0.337 e. The van der Waals surface area contributed by atoms with Crippen molar-refractivity contribution in [3.05, 3.63) is 75.6 Å². The third-order valence-electron chi connectivity index (χ3n) is 4.72. The Kier molecular flexibility index (Phi) is 5.83. The lowest BCUT2D eigenvalue weighted by Crippen LogP contribution is -2.27. The van der Waals surface area contributed by atoms with E-state index in [9.17, 15) is 9.59 Å². The number of benzene rings is 2. The van der Waals surface area contributed by atoms with Gasteiger partial charge in [0.25, 0.3) is 5.91 Å². The fraction of sp³-hybridized carbons (Fsp3) is 0.304. The van der Waals surface area contributed by atoms with Crippen LogP contribution in [0.25, 0.3) is 11.0 Å². The summed E-state index contributed by atoms with van der Waals surface area (Å²) >= 11 is 0. The Bertz CT molecular complexity index is 1030. The van der Waals surface area contributed by atoms with E-state index >= 15 is 0 Å². The number of fused-ring (bicyclic) bond motifs is 1. The molecule has 0 saturated heterocycles. The molecule has 3 aromatic rings. The van der Waals surface area contributed by atoms with Crippen LogP contribution in [0.4, 0.5) is 0 Å². The highest BCUT2D eigenvalue weighted by Gasteiger charge is 2.17. The molecule has 146 valence electrons. The van der Waals surface area contributed by atoms with Gasteiger partial charge >= 0.3 is 5.63 Å². The van der Waals surface area contributed by atoms with E-state index in [0.29, 0.717) is 34.8 Å². The second kappa shape index (κ2) is 8.30. The largest absolute Gasteiger partial charge is 0.494 e. The van der Waals surface area contributed by atoms with Crippen molar-refractivity contribution in [3.8, 4) is 5.75 Å². The molecule has 0 aliphatic heterocycles. The van der Waals surface area contributed by atoms with Crippen LogP contribution in [0, 0.1) is 0 Å². The van der Waals surface area contributed by atoms with Crippen LogP contribution in [-0.4, -0.2) is 12.5 Å². The van der Waals surface area contributed by atoms with Crippen LogP contribution < -0.4 is 15.7 Å². The Hall–Kier alpha value is -3.08. The van der Waals surface area contributed by atoms with E-state index in [4.69, 9.17) is 9.15 Å². The monoisotopic (exact) mass is 379 g/mol. The Balaban J connectivity index is 1.87. The molecule has 5 heteroatoms. The second-order valence-corrected chi connectivity index (χ2v) is 7.09. The van der Waals surface area contributed by atoms with Gasteiger partial charge in [-0.1, -0.05) is 38.1 Å². The van der Waals surface area contributed by atoms with E-state index in [1.54, 1.807) is 18.2 Å². The number of rotatable bonds is 6. The van der Waals surface area contributed by atoms with Crippen molar-refractivity contribution in [2.24, 2.45) is 0 Å². The van der Waals surface area contributed by atoms with Crippen molar-refractivity contribution in [3.63, 3.8) is 0 Å². The van der Waals surface area contributed by atoms with Crippen LogP contribution in [0.1, 0.15) is 61.1 Å². The molecule has 3 rings (SSSR count). The molecule has 1 amide bonds. The zero-order chi connectivity index (χ0) is 20.3. The third-order valence-corrected chi connectivity index (χ3v) is 4.72. The lowest BCUT2D eigenvalue weighted by Gasteiger charge is -2.16. The summed E-state index contributed by atoms with van der Waals surface area (Å²) in [6.07, 6.45) is 0. The molecule has 28 heavy (non-hydrogen) atoms. The molecule has 0 radical (unpaired) electrons. The number of hydrogen-bond donors (Lipinski definition) is 1. The minimum atomic E-state index is -0.569. The first kappa shape index (κ1) is 19.7. The van der Waals surface area contributed by atoms with Crippen LogP contribution in [0.2, 0.25) is 0 Å². The third kappa shape index (κ3) is 4.25. The summed E-state index contributed by atoms with van der Waals surface area (Å²) in [6.45, 7) is 8.58. The average molecular weight is 379 g/mol. The molecular formula is C23H25NO4. The molecule has 5 nitrogen and oxygen atoms in total. The quantitative estimate of drug-likeness (QED) is 0.624. The van der Waals surface area contributed by atoms with Gasteiger partial charge in [-0.15, -0.1) is 0 Å². The molecule has 0 fully saturated rings. The smallest absolute Gasteiger partial charge is 0.337 e. The highest BCUT2D eigenvalue weighted by molar-refractivity contribution is 6.05. The summed E-state index contributed by atoms with van der Waals surface area (Å²) in [5.74, 6) is 0.729. The van der Waals surface area contributed by atoms with E-state index in [1.165, 1.54) is 11.6 Å². The summed E-state index contributed by atoms with van der Waals surface area (Å²) in [5, 5.41) is 3.54. The van der Waals surface area contributed by atoms with E-state index in [-0.39, 0.29) is 11.9 Å². The highest BCUT2D eigenvalue weighted by Crippen LogP contribution is 2.24. The molecule has 1 heterocycles. The number of ether oxygens (including phenoxy) is 1. The first-order valence-electron chi connectivity index (χ1n) is 9.50. The van der Waals surface area contributed by atoms with Crippen molar-refractivity contribution < 1.29 is 13.9 Å². The molecule has 1 aromatic heterocycles. The number of hydrogen-bond acceptors (Lipinski definition) is 4. The van der Waals surface area contributed by atoms with Gasteiger partial charge in [0.05, 0.1) is 18.2 Å². The van der Waals surface area contributed by atoms with Crippen LogP contribution in [0.15, 0.2) is 57.7 Å². The second-order valence-electron chi connectivity index (χ2n) is 7.09. The zero-order valence-electron chi connectivity index (χ0n) is 16.6. The van der Waals surface area contributed by atoms with Crippen LogP contribution in [0.5, 0.6) is 5.75 Å². The lowest BCUT2D eigenvalue weighted by atomic mass is 9.99.